The number of hydrogen-bond donors (Lipinski definition) is 3. The van der Waals surface area contributed by atoms with E-state index in [0.29, 0.717) is 24.3 Å². The first kappa shape index (κ1) is 21.2. The second-order valence-corrected chi connectivity index (χ2v) is 7.20. The molecule has 4 nitrogen and oxygen atoms in total. The predicted octanol–water partition coefficient (Wildman–Crippen LogP) is 2.89. The Labute approximate surface area is 153 Å². The van der Waals surface area contributed by atoms with E-state index in [-0.39, 0.29) is 6.04 Å². The monoisotopic (exact) mass is 372 g/mol. The topological polar surface area (TPSA) is 69.7 Å². The summed E-state index contributed by atoms with van der Waals surface area (Å²) in [4.78, 5) is 2.07. The van der Waals surface area contributed by atoms with Crippen molar-refractivity contribution in [3.8, 4) is 0 Å². The molecule has 1 unspecified atom stereocenters. The average molecular weight is 372 g/mol. The first-order valence-corrected chi connectivity index (χ1v) is 9.26. The van der Waals surface area contributed by atoms with Crippen molar-refractivity contribution in [2.24, 2.45) is 11.7 Å². The lowest BCUT2D eigenvalue weighted by molar-refractivity contribution is -0.138. The van der Waals surface area contributed by atoms with E-state index < -0.39 is 18.9 Å². The largest absolute Gasteiger partial charge is 0.451 e. The summed E-state index contributed by atoms with van der Waals surface area (Å²) in [5.74, 6) is 0.378. The lowest BCUT2D eigenvalue weighted by Crippen LogP contribution is -2.40. The number of benzene rings is 1. The molecule has 0 saturated carbocycles. The molecule has 1 heterocycles. The van der Waals surface area contributed by atoms with Gasteiger partial charge in [0.25, 0.3) is 0 Å². The van der Waals surface area contributed by atoms with Crippen LogP contribution in [0.3, 0.4) is 0 Å². The lowest BCUT2D eigenvalue weighted by Gasteiger charge is -2.35. The Bertz CT molecular complexity index is 549. The summed E-state index contributed by atoms with van der Waals surface area (Å²) in [6, 6.07) is 5.83. The van der Waals surface area contributed by atoms with Crippen molar-refractivity contribution in [2.75, 3.05) is 13.1 Å². The summed E-state index contributed by atoms with van der Waals surface area (Å²) >= 11 is 0. The maximum atomic E-state index is 13.1. The standard InChI is InChI=1S/C18H28BF3N2O2/c20-18(21,22)16-6-2-1-5-15(16)13-24-11-8-14(9-12-24)17(23)7-3-4-10-19(25)26/h1-2,5-6,14,17,25-26H,3-4,7-13,23H2. The molecule has 1 aromatic carbocycles. The number of likely N-dealkylation sites (tertiary alicyclic amines) is 1. The molecule has 1 atom stereocenters. The minimum Gasteiger partial charge on any atom is -0.427 e. The van der Waals surface area contributed by atoms with Crippen molar-refractivity contribution < 1.29 is 23.2 Å². The minimum atomic E-state index is -4.32. The highest BCUT2D eigenvalue weighted by atomic mass is 19.4. The van der Waals surface area contributed by atoms with Crippen molar-refractivity contribution in [3.63, 3.8) is 0 Å². The zero-order chi connectivity index (χ0) is 19.2. The van der Waals surface area contributed by atoms with E-state index in [2.05, 4.69) is 4.90 Å². The molecule has 8 heteroatoms. The van der Waals surface area contributed by atoms with Crippen LogP contribution in [0.2, 0.25) is 6.32 Å². The molecule has 0 spiro atoms. The molecule has 0 aromatic heterocycles. The lowest BCUT2D eigenvalue weighted by atomic mass is 9.82. The van der Waals surface area contributed by atoms with Crippen LogP contribution in [-0.4, -0.2) is 41.2 Å². The van der Waals surface area contributed by atoms with Gasteiger partial charge in [-0.05, 0) is 56.2 Å². The number of piperidine rings is 1. The Morgan fingerprint density at radius 2 is 1.81 bits per heavy atom. The Balaban J connectivity index is 1.78. The van der Waals surface area contributed by atoms with Gasteiger partial charge in [-0.15, -0.1) is 0 Å². The van der Waals surface area contributed by atoms with Gasteiger partial charge in [-0.25, -0.2) is 0 Å². The molecule has 1 aromatic rings. The van der Waals surface area contributed by atoms with Crippen LogP contribution in [-0.2, 0) is 12.7 Å². The zero-order valence-corrected chi connectivity index (χ0v) is 15.0. The first-order valence-electron chi connectivity index (χ1n) is 9.26. The van der Waals surface area contributed by atoms with Gasteiger partial charge in [-0.2, -0.15) is 13.2 Å². The second-order valence-electron chi connectivity index (χ2n) is 7.20. The van der Waals surface area contributed by atoms with Crippen LogP contribution < -0.4 is 5.73 Å². The Kier molecular flexibility index (Phi) is 7.94. The summed E-state index contributed by atoms with van der Waals surface area (Å²) in [6.07, 6.45) is 0.254. The van der Waals surface area contributed by atoms with E-state index >= 15 is 0 Å². The average Bonchev–Trinajstić information content (AvgIpc) is 2.58. The second kappa shape index (κ2) is 9.74. The highest BCUT2D eigenvalue weighted by Gasteiger charge is 2.33. The van der Waals surface area contributed by atoms with Crippen molar-refractivity contribution in [1.29, 1.82) is 0 Å². The maximum absolute atomic E-state index is 13.1. The van der Waals surface area contributed by atoms with Gasteiger partial charge in [0.05, 0.1) is 5.56 Å². The molecular formula is C18H28BF3N2O2. The summed E-state index contributed by atoms with van der Waals surface area (Å²) in [7, 11) is -1.26. The van der Waals surface area contributed by atoms with Crippen LogP contribution in [0.5, 0.6) is 0 Å². The summed E-state index contributed by atoms with van der Waals surface area (Å²) in [5, 5.41) is 17.7. The van der Waals surface area contributed by atoms with E-state index in [1.807, 2.05) is 0 Å². The molecule has 1 saturated heterocycles. The van der Waals surface area contributed by atoms with Crippen LogP contribution in [0, 0.1) is 5.92 Å². The Morgan fingerprint density at radius 1 is 1.15 bits per heavy atom. The van der Waals surface area contributed by atoms with Crippen molar-refractivity contribution in [2.45, 2.75) is 57.2 Å². The predicted molar refractivity (Wildman–Crippen MR) is 96.3 cm³/mol. The molecule has 1 aliphatic rings. The number of unbranched alkanes of at least 4 members (excludes halogenated alkanes) is 1. The molecule has 1 aliphatic heterocycles. The Morgan fingerprint density at radius 3 is 2.42 bits per heavy atom. The summed E-state index contributed by atoms with van der Waals surface area (Å²) in [6.45, 7) is 1.81. The van der Waals surface area contributed by atoms with Crippen molar-refractivity contribution >= 4 is 7.12 Å². The molecule has 2 rings (SSSR count). The van der Waals surface area contributed by atoms with Gasteiger partial charge in [-0.3, -0.25) is 4.90 Å². The highest BCUT2D eigenvalue weighted by molar-refractivity contribution is 6.40. The smallest absolute Gasteiger partial charge is 0.427 e. The molecule has 0 radical (unpaired) electrons. The van der Waals surface area contributed by atoms with Gasteiger partial charge in [-0.1, -0.05) is 31.0 Å². The van der Waals surface area contributed by atoms with E-state index in [9.17, 15) is 13.2 Å². The third-order valence-corrected chi connectivity index (χ3v) is 5.20. The number of nitrogens with two attached hydrogens (primary N) is 1. The fourth-order valence-electron chi connectivity index (χ4n) is 3.66. The van der Waals surface area contributed by atoms with Crippen LogP contribution in [0.25, 0.3) is 0 Å². The van der Waals surface area contributed by atoms with Gasteiger partial charge < -0.3 is 15.8 Å². The van der Waals surface area contributed by atoms with E-state index in [1.54, 1.807) is 12.1 Å². The molecule has 26 heavy (non-hydrogen) atoms. The van der Waals surface area contributed by atoms with Crippen LogP contribution in [0.15, 0.2) is 24.3 Å². The number of halogens is 3. The molecule has 0 bridgehead atoms. The number of hydrogen-bond acceptors (Lipinski definition) is 4. The molecule has 4 N–H and O–H groups in total. The zero-order valence-electron chi connectivity index (χ0n) is 15.0. The normalized spacial score (nSPS) is 18.1. The fraction of sp³-hybridized carbons (Fsp3) is 0.667. The van der Waals surface area contributed by atoms with Crippen LogP contribution >= 0.6 is 0 Å². The number of alkyl halides is 3. The summed E-state index contributed by atoms with van der Waals surface area (Å²) < 4.78 is 39.3. The maximum Gasteiger partial charge on any atom is 0.451 e. The number of nitrogens with zero attached hydrogens (tertiary/aromatic N) is 1. The van der Waals surface area contributed by atoms with Crippen molar-refractivity contribution in [1.82, 2.24) is 4.90 Å². The quantitative estimate of drug-likeness (QED) is 0.485. The van der Waals surface area contributed by atoms with E-state index in [1.165, 1.54) is 6.07 Å². The third-order valence-electron chi connectivity index (χ3n) is 5.20. The molecule has 0 amide bonds. The van der Waals surface area contributed by atoms with Gasteiger partial charge in [0.2, 0.25) is 0 Å². The minimum absolute atomic E-state index is 0.0652. The number of rotatable bonds is 8. The Hall–Kier alpha value is -1.09. The third kappa shape index (κ3) is 6.57. The first-order chi connectivity index (χ1) is 12.3. The molecule has 0 aliphatic carbocycles. The van der Waals surface area contributed by atoms with Gasteiger partial charge in [0.15, 0.2) is 0 Å². The van der Waals surface area contributed by atoms with Crippen LogP contribution in [0.4, 0.5) is 13.2 Å². The molecule has 1 fully saturated rings. The fourth-order valence-corrected chi connectivity index (χ4v) is 3.66. The van der Waals surface area contributed by atoms with Gasteiger partial charge in [0, 0.05) is 12.6 Å². The molecular weight excluding hydrogens is 344 g/mol. The SMILES string of the molecule is NC(CCCCB(O)O)C1CCN(Cc2ccccc2C(F)(F)F)CC1. The highest BCUT2D eigenvalue weighted by Crippen LogP contribution is 2.33. The summed E-state index contributed by atoms with van der Waals surface area (Å²) in [5.41, 5.74) is 6.03. The molecule has 146 valence electrons. The van der Waals surface area contributed by atoms with Gasteiger partial charge >= 0.3 is 13.3 Å². The van der Waals surface area contributed by atoms with Crippen LogP contribution in [0.1, 0.15) is 43.2 Å². The van der Waals surface area contributed by atoms with Gasteiger partial charge in [0.1, 0.15) is 0 Å². The van der Waals surface area contributed by atoms with E-state index in [4.69, 9.17) is 15.8 Å². The van der Waals surface area contributed by atoms with E-state index in [0.717, 1.165) is 51.3 Å². The van der Waals surface area contributed by atoms with Crippen molar-refractivity contribution in [3.05, 3.63) is 35.4 Å².